The molecular formula is C26H21N7O2. The number of rotatable bonds is 5. The van der Waals surface area contributed by atoms with Gasteiger partial charge in [0.15, 0.2) is 5.82 Å². The van der Waals surface area contributed by atoms with E-state index in [-0.39, 0.29) is 5.91 Å². The van der Waals surface area contributed by atoms with Crippen LogP contribution in [0.5, 0.6) is 5.75 Å². The summed E-state index contributed by atoms with van der Waals surface area (Å²) in [6, 6.07) is 19.7. The third-order valence-corrected chi connectivity index (χ3v) is 5.72. The monoisotopic (exact) mass is 463 g/mol. The van der Waals surface area contributed by atoms with E-state index in [2.05, 4.69) is 26.7 Å². The quantitative estimate of drug-likeness (QED) is 0.456. The van der Waals surface area contributed by atoms with E-state index in [9.17, 15) is 10.1 Å². The molecule has 0 saturated carbocycles. The van der Waals surface area contributed by atoms with Gasteiger partial charge in [-0.25, -0.2) is 4.68 Å². The van der Waals surface area contributed by atoms with Gasteiger partial charge in [-0.2, -0.15) is 10.2 Å². The summed E-state index contributed by atoms with van der Waals surface area (Å²) in [6.45, 7) is 1.83. The number of hydrogen-bond donors (Lipinski definition) is 2. The van der Waals surface area contributed by atoms with Crippen LogP contribution in [-0.2, 0) is 4.79 Å². The number of nitriles is 1. The number of allylic oxidation sites excluding steroid dienone is 1. The number of methoxy groups -OCH3 is 1. The summed E-state index contributed by atoms with van der Waals surface area (Å²) in [4.78, 5) is 22.2. The number of ether oxygens (including phenoxy) is 1. The molecule has 0 saturated heterocycles. The van der Waals surface area contributed by atoms with E-state index < -0.39 is 6.04 Å². The highest BCUT2D eigenvalue weighted by Gasteiger charge is 2.34. The smallest absolute Gasteiger partial charge is 0.255 e. The zero-order chi connectivity index (χ0) is 24.4. The number of pyridine rings is 1. The number of benzene rings is 2. The minimum atomic E-state index is -0.560. The lowest BCUT2D eigenvalue weighted by Crippen LogP contribution is -2.31. The largest absolute Gasteiger partial charge is 0.497 e. The fourth-order valence-corrected chi connectivity index (χ4v) is 3.99. The Morgan fingerprint density at radius 3 is 2.57 bits per heavy atom. The minimum absolute atomic E-state index is 0.287. The number of nitrogens with one attached hydrogen (secondary N) is 2. The summed E-state index contributed by atoms with van der Waals surface area (Å²) in [5.74, 6) is 1.47. The van der Waals surface area contributed by atoms with E-state index in [0.29, 0.717) is 34.3 Å². The molecule has 1 unspecified atom stereocenters. The van der Waals surface area contributed by atoms with E-state index >= 15 is 0 Å². The van der Waals surface area contributed by atoms with E-state index in [4.69, 9.17) is 9.84 Å². The van der Waals surface area contributed by atoms with Gasteiger partial charge >= 0.3 is 0 Å². The average Bonchev–Trinajstić information content (AvgIpc) is 3.32. The molecule has 1 amide bonds. The lowest BCUT2D eigenvalue weighted by molar-refractivity contribution is -0.113. The lowest BCUT2D eigenvalue weighted by atomic mass is 9.94. The first-order chi connectivity index (χ1) is 17.1. The molecular weight excluding hydrogens is 442 g/mol. The van der Waals surface area contributed by atoms with E-state index in [1.807, 2.05) is 43.3 Å². The summed E-state index contributed by atoms with van der Waals surface area (Å²) in [7, 11) is 1.61. The van der Waals surface area contributed by atoms with Gasteiger partial charge < -0.3 is 15.4 Å². The fourth-order valence-electron chi connectivity index (χ4n) is 3.99. The van der Waals surface area contributed by atoms with Crippen LogP contribution in [0.4, 0.5) is 11.6 Å². The molecule has 9 heteroatoms. The Hall–Kier alpha value is -4.97. The van der Waals surface area contributed by atoms with Crippen molar-refractivity contribution >= 4 is 17.5 Å². The zero-order valence-corrected chi connectivity index (χ0v) is 19.1. The van der Waals surface area contributed by atoms with Crippen molar-refractivity contribution in [3.63, 3.8) is 0 Å². The van der Waals surface area contributed by atoms with Crippen molar-refractivity contribution in [3.05, 3.63) is 95.5 Å². The molecule has 0 radical (unpaired) electrons. The molecule has 2 N–H and O–H groups in total. The lowest BCUT2D eigenvalue weighted by Gasteiger charge is -2.28. The second-order valence-corrected chi connectivity index (χ2v) is 7.93. The number of carbonyl (C=O) groups excluding carboxylic acids is 1. The molecule has 5 rings (SSSR count). The predicted molar refractivity (Wildman–Crippen MR) is 130 cm³/mol. The number of anilines is 2. The molecule has 2 aromatic carbocycles. The van der Waals surface area contributed by atoms with E-state index in [1.54, 1.807) is 48.5 Å². The van der Waals surface area contributed by atoms with Crippen LogP contribution in [0.1, 0.15) is 24.1 Å². The van der Waals surface area contributed by atoms with Gasteiger partial charge in [0.25, 0.3) is 5.91 Å². The Labute approximate surface area is 201 Å². The molecule has 4 aromatic rings. The highest BCUT2D eigenvalue weighted by Crippen LogP contribution is 2.37. The van der Waals surface area contributed by atoms with E-state index in [0.717, 1.165) is 16.9 Å². The summed E-state index contributed by atoms with van der Waals surface area (Å²) in [5, 5.41) is 20.1. The van der Waals surface area contributed by atoms with Gasteiger partial charge in [0, 0.05) is 17.5 Å². The van der Waals surface area contributed by atoms with Crippen molar-refractivity contribution in [1.82, 2.24) is 19.7 Å². The van der Waals surface area contributed by atoms with Gasteiger partial charge in [-0.1, -0.05) is 12.1 Å². The maximum Gasteiger partial charge on any atom is 0.255 e. The number of hydrogen-bond acceptors (Lipinski definition) is 7. The molecule has 0 bridgehead atoms. The van der Waals surface area contributed by atoms with Crippen molar-refractivity contribution < 1.29 is 9.53 Å². The molecule has 0 spiro atoms. The minimum Gasteiger partial charge on any atom is -0.497 e. The number of carbonyl (C=O) groups is 1. The standard InChI is InChI=1S/C26H21N7O2/c1-16-22(25(34)30-20-4-3-13-28-15-20)23(18-7-5-17(14-27)6-8-18)33-26(29-16)31-24(32-33)19-9-11-21(35-2)12-10-19/h3-13,15,23H,1-2H3,(H,30,34)(H,29,31,32). The Kier molecular flexibility index (Phi) is 5.69. The SMILES string of the molecule is COc1ccc(-c2nc3n(n2)C(c2ccc(C#N)cc2)C(C(=O)Nc2cccnc2)=C(C)N3)cc1. The number of amides is 1. The second kappa shape index (κ2) is 9.11. The molecule has 0 fully saturated rings. The topological polar surface area (TPSA) is 118 Å². The van der Waals surface area contributed by atoms with Crippen molar-refractivity contribution in [1.29, 1.82) is 5.26 Å². The predicted octanol–water partition coefficient (Wildman–Crippen LogP) is 4.15. The number of nitrogens with zero attached hydrogens (tertiary/aromatic N) is 5. The van der Waals surface area contributed by atoms with Crippen LogP contribution in [-0.4, -0.2) is 32.8 Å². The Morgan fingerprint density at radius 2 is 1.91 bits per heavy atom. The Morgan fingerprint density at radius 1 is 1.14 bits per heavy atom. The van der Waals surface area contributed by atoms with Crippen LogP contribution in [0.15, 0.2) is 84.3 Å². The van der Waals surface area contributed by atoms with Crippen LogP contribution in [0.2, 0.25) is 0 Å². The molecule has 3 heterocycles. The van der Waals surface area contributed by atoms with E-state index in [1.165, 1.54) is 0 Å². The van der Waals surface area contributed by atoms with Gasteiger partial charge in [-0.05, 0) is 61.0 Å². The third kappa shape index (κ3) is 4.20. The highest BCUT2D eigenvalue weighted by atomic mass is 16.5. The van der Waals surface area contributed by atoms with Crippen molar-refractivity contribution in [2.45, 2.75) is 13.0 Å². The first-order valence-corrected chi connectivity index (χ1v) is 10.9. The molecule has 0 aliphatic carbocycles. The van der Waals surface area contributed by atoms with Crippen LogP contribution < -0.4 is 15.4 Å². The maximum absolute atomic E-state index is 13.5. The second-order valence-electron chi connectivity index (χ2n) is 7.93. The molecule has 1 aliphatic heterocycles. The first kappa shape index (κ1) is 21.9. The Bertz CT molecular complexity index is 1450. The van der Waals surface area contributed by atoms with Crippen molar-refractivity contribution in [2.75, 3.05) is 17.7 Å². The zero-order valence-electron chi connectivity index (χ0n) is 19.1. The molecule has 1 aliphatic rings. The number of aromatic nitrogens is 4. The molecule has 35 heavy (non-hydrogen) atoms. The van der Waals surface area contributed by atoms with Crippen LogP contribution in [0.25, 0.3) is 11.4 Å². The van der Waals surface area contributed by atoms with Gasteiger partial charge in [0.05, 0.1) is 36.2 Å². The van der Waals surface area contributed by atoms with Crippen LogP contribution in [0.3, 0.4) is 0 Å². The molecule has 172 valence electrons. The average molecular weight is 464 g/mol. The van der Waals surface area contributed by atoms with Gasteiger partial charge in [0.2, 0.25) is 5.95 Å². The normalized spacial score (nSPS) is 14.5. The van der Waals surface area contributed by atoms with Crippen molar-refractivity contribution in [3.8, 4) is 23.2 Å². The maximum atomic E-state index is 13.5. The van der Waals surface area contributed by atoms with Gasteiger partial charge in [-0.3, -0.25) is 9.78 Å². The first-order valence-electron chi connectivity index (χ1n) is 10.9. The molecule has 2 aromatic heterocycles. The molecule has 9 nitrogen and oxygen atoms in total. The fraction of sp³-hybridized carbons (Fsp3) is 0.115. The van der Waals surface area contributed by atoms with Gasteiger partial charge in [-0.15, -0.1) is 5.10 Å². The highest BCUT2D eigenvalue weighted by molar-refractivity contribution is 6.05. The number of fused-ring (bicyclic) bond motifs is 1. The van der Waals surface area contributed by atoms with Gasteiger partial charge in [0.1, 0.15) is 11.8 Å². The summed E-state index contributed by atoms with van der Waals surface area (Å²) < 4.78 is 6.95. The van der Waals surface area contributed by atoms with Crippen molar-refractivity contribution in [2.24, 2.45) is 0 Å². The Balaban J connectivity index is 1.59. The summed E-state index contributed by atoms with van der Waals surface area (Å²) in [5.41, 5.74) is 3.86. The summed E-state index contributed by atoms with van der Waals surface area (Å²) in [6.07, 6.45) is 3.23. The molecule has 1 atom stereocenters. The van der Waals surface area contributed by atoms with Crippen LogP contribution >= 0.6 is 0 Å². The summed E-state index contributed by atoms with van der Waals surface area (Å²) >= 11 is 0. The van der Waals surface area contributed by atoms with Crippen LogP contribution in [0, 0.1) is 11.3 Å². The third-order valence-electron chi connectivity index (χ3n) is 5.72.